The highest BCUT2D eigenvalue weighted by Gasteiger charge is 2.11. The van der Waals surface area contributed by atoms with Crippen molar-refractivity contribution < 1.29 is 9.90 Å². The van der Waals surface area contributed by atoms with Crippen molar-refractivity contribution in [2.45, 2.75) is 0 Å². The van der Waals surface area contributed by atoms with Gasteiger partial charge in [-0.05, 0) is 29.6 Å². The summed E-state index contributed by atoms with van der Waals surface area (Å²) in [6.45, 7) is 0. The lowest BCUT2D eigenvalue weighted by atomic mass is 10.1. The second-order valence-electron chi connectivity index (χ2n) is 2.97. The molecule has 4 heteroatoms. The topological polar surface area (TPSA) is 37.3 Å². The van der Waals surface area contributed by atoms with E-state index in [1.165, 1.54) is 23.5 Å². The molecule has 1 N–H and O–H groups in total. The molecule has 1 aromatic carbocycles. The zero-order valence-electron chi connectivity index (χ0n) is 7.61. The molecule has 1 heterocycles. The van der Waals surface area contributed by atoms with Crippen molar-refractivity contribution in [1.29, 1.82) is 0 Å². The minimum Gasteiger partial charge on any atom is -0.506 e. The quantitative estimate of drug-likeness (QED) is 0.815. The predicted octanol–water partition coefficient (Wildman–Crippen LogP) is 3.34. The predicted molar refractivity (Wildman–Crippen MR) is 60.9 cm³/mol. The first-order valence-corrected chi connectivity index (χ1v) is 5.51. The van der Waals surface area contributed by atoms with Crippen molar-refractivity contribution in [2.24, 2.45) is 0 Å². The zero-order chi connectivity index (χ0) is 10.8. The van der Waals surface area contributed by atoms with Crippen LogP contribution in [0.25, 0.3) is 0 Å². The molecule has 76 valence electrons. The van der Waals surface area contributed by atoms with Gasteiger partial charge < -0.3 is 5.11 Å². The lowest BCUT2D eigenvalue weighted by molar-refractivity contribution is 0.104. The summed E-state index contributed by atoms with van der Waals surface area (Å²) in [5, 5.41) is 11.2. The molecule has 0 unspecified atom stereocenters. The Labute approximate surface area is 95.8 Å². The van der Waals surface area contributed by atoms with Crippen LogP contribution in [-0.2, 0) is 0 Å². The Morgan fingerprint density at radius 1 is 1.33 bits per heavy atom. The molecule has 0 bridgehead atoms. The van der Waals surface area contributed by atoms with Gasteiger partial charge in [-0.3, -0.25) is 4.79 Å². The van der Waals surface area contributed by atoms with E-state index in [1.54, 1.807) is 12.1 Å². The van der Waals surface area contributed by atoms with E-state index in [1.807, 2.05) is 11.4 Å². The third-order valence-electron chi connectivity index (χ3n) is 1.95. The Balaban J connectivity index is 2.39. The van der Waals surface area contributed by atoms with Gasteiger partial charge in [0.25, 0.3) is 0 Å². The van der Waals surface area contributed by atoms with Crippen molar-refractivity contribution in [1.82, 2.24) is 0 Å². The Morgan fingerprint density at radius 2 is 2.13 bits per heavy atom. The third kappa shape index (κ3) is 2.03. The van der Waals surface area contributed by atoms with Gasteiger partial charge in [-0.15, -0.1) is 11.3 Å². The van der Waals surface area contributed by atoms with E-state index < -0.39 is 0 Å². The Hall–Kier alpha value is -1.32. The molecule has 2 aromatic rings. The van der Waals surface area contributed by atoms with Crippen LogP contribution >= 0.6 is 22.9 Å². The fourth-order valence-corrected chi connectivity index (χ4v) is 2.06. The van der Waals surface area contributed by atoms with Gasteiger partial charge in [0, 0.05) is 5.56 Å². The van der Waals surface area contributed by atoms with Crippen molar-refractivity contribution in [3.63, 3.8) is 0 Å². The van der Waals surface area contributed by atoms with Gasteiger partial charge >= 0.3 is 0 Å². The molecule has 2 nitrogen and oxygen atoms in total. The maximum Gasteiger partial charge on any atom is 0.202 e. The zero-order valence-corrected chi connectivity index (χ0v) is 9.18. The molecular formula is C11H7ClO2S. The lowest BCUT2D eigenvalue weighted by Crippen LogP contribution is -1.97. The maximum atomic E-state index is 11.8. The monoisotopic (exact) mass is 238 g/mol. The summed E-state index contributed by atoms with van der Waals surface area (Å²) in [6.07, 6.45) is 0. The molecule has 2 rings (SSSR count). The Kier molecular flexibility index (Phi) is 2.75. The molecule has 0 aliphatic rings. The summed E-state index contributed by atoms with van der Waals surface area (Å²) < 4.78 is 0. The molecule has 0 aliphatic heterocycles. The van der Waals surface area contributed by atoms with Gasteiger partial charge in [0.15, 0.2) is 0 Å². The number of carbonyl (C=O) groups is 1. The van der Waals surface area contributed by atoms with E-state index in [0.717, 1.165) is 0 Å². The van der Waals surface area contributed by atoms with Crippen molar-refractivity contribution >= 4 is 28.7 Å². The fourth-order valence-electron chi connectivity index (χ4n) is 1.20. The first kappa shape index (κ1) is 10.2. The number of ketones is 1. The van der Waals surface area contributed by atoms with Crippen LogP contribution in [0.15, 0.2) is 35.7 Å². The number of benzene rings is 1. The Bertz CT molecular complexity index is 491. The third-order valence-corrected chi connectivity index (χ3v) is 3.13. The highest BCUT2D eigenvalue weighted by Crippen LogP contribution is 2.25. The standard InChI is InChI=1S/C11H7ClO2S/c12-8-6-7(3-4-9(8)13)11(14)10-2-1-5-15-10/h1-6,13H. The summed E-state index contributed by atoms with van der Waals surface area (Å²) in [5.74, 6) is -0.0914. The average Bonchev–Trinajstić information content (AvgIpc) is 2.74. The highest BCUT2D eigenvalue weighted by atomic mass is 35.5. The minimum absolute atomic E-state index is 0.0144. The number of phenols is 1. The van der Waals surface area contributed by atoms with Gasteiger partial charge in [-0.1, -0.05) is 17.7 Å². The van der Waals surface area contributed by atoms with Crippen LogP contribution in [0.4, 0.5) is 0 Å². The second-order valence-corrected chi connectivity index (χ2v) is 4.33. The number of carbonyl (C=O) groups excluding carboxylic acids is 1. The first-order valence-electron chi connectivity index (χ1n) is 4.25. The van der Waals surface area contributed by atoms with Crippen molar-refractivity contribution in [2.75, 3.05) is 0 Å². The molecule has 0 fully saturated rings. The fraction of sp³-hybridized carbons (Fsp3) is 0. The minimum atomic E-state index is -0.0769. The number of thiophene rings is 1. The van der Waals surface area contributed by atoms with Gasteiger partial charge in [-0.2, -0.15) is 0 Å². The van der Waals surface area contributed by atoms with Gasteiger partial charge in [0.2, 0.25) is 5.78 Å². The summed E-state index contributed by atoms with van der Waals surface area (Å²) in [7, 11) is 0. The number of hydrogen-bond acceptors (Lipinski definition) is 3. The normalized spacial score (nSPS) is 10.2. The number of aromatic hydroxyl groups is 1. The SMILES string of the molecule is O=C(c1ccc(O)c(Cl)c1)c1cccs1. The lowest BCUT2D eigenvalue weighted by Gasteiger charge is -2.00. The van der Waals surface area contributed by atoms with E-state index in [-0.39, 0.29) is 16.6 Å². The molecule has 0 saturated heterocycles. The first-order chi connectivity index (χ1) is 7.18. The average molecular weight is 239 g/mol. The van der Waals surface area contributed by atoms with Crippen molar-refractivity contribution in [3.05, 3.63) is 51.2 Å². The number of phenolic OH excluding ortho intramolecular Hbond substituents is 1. The molecule has 0 aliphatic carbocycles. The van der Waals surface area contributed by atoms with Crippen LogP contribution in [-0.4, -0.2) is 10.9 Å². The number of rotatable bonds is 2. The molecule has 0 radical (unpaired) electrons. The van der Waals surface area contributed by atoms with E-state index >= 15 is 0 Å². The molecule has 0 saturated carbocycles. The van der Waals surface area contributed by atoms with E-state index in [4.69, 9.17) is 11.6 Å². The van der Waals surface area contributed by atoms with Crippen LogP contribution in [0.3, 0.4) is 0 Å². The number of hydrogen-bond donors (Lipinski definition) is 1. The summed E-state index contributed by atoms with van der Waals surface area (Å²) in [4.78, 5) is 12.5. The molecule has 1 aromatic heterocycles. The summed E-state index contributed by atoms with van der Waals surface area (Å²) >= 11 is 7.10. The smallest absolute Gasteiger partial charge is 0.202 e. The van der Waals surface area contributed by atoms with Crippen LogP contribution in [0.5, 0.6) is 5.75 Å². The molecule has 15 heavy (non-hydrogen) atoms. The Morgan fingerprint density at radius 3 is 2.73 bits per heavy atom. The van der Waals surface area contributed by atoms with Crippen LogP contribution in [0.1, 0.15) is 15.2 Å². The van der Waals surface area contributed by atoms with E-state index in [2.05, 4.69) is 0 Å². The van der Waals surface area contributed by atoms with Gasteiger partial charge in [0.1, 0.15) is 5.75 Å². The molecule has 0 atom stereocenters. The van der Waals surface area contributed by atoms with E-state index in [9.17, 15) is 9.90 Å². The number of halogens is 1. The van der Waals surface area contributed by atoms with Crippen LogP contribution in [0, 0.1) is 0 Å². The molecule has 0 amide bonds. The summed E-state index contributed by atoms with van der Waals surface area (Å²) in [6, 6.07) is 8.03. The molecular weight excluding hydrogens is 232 g/mol. The van der Waals surface area contributed by atoms with Gasteiger partial charge in [0.05, 0.1) is 9.90 Å². The second kappa shape index (κ2) is 4.04. The maximum absolute atomic E-state index is 11.8. The van der Waals surface area contributed by atoms with Crippen LogP contribution in [0.2, 0.25) is 5.02 Å². The highest BCUT2D eigenvalue weighted by molar-refractivity contribution is 7.12. The van der Waals surface area contributed by atoms with E-state index in [0.29, 0.717) is 10.4 Å². The summed E-state index contributed by atoms with van der Waals surface area (Å²) in [5.41, 5.74) is 0.486. The molecule has 0 spiro atoms. The van der Waals surface area contributed by atoms with Crippen molar-refractivity contribution in [3.8, 4) is 5.75 Å². The van der Waals surface area contributed by atoms with Crippen LogP contribution < -0.4 is 0 Å². The largest absolute Gasteiger partial charge is 0.506 e. The van der Waals surface area contributed by atoms with Gasteiger partial charge in [-0.25, -0.2) is 0 Å².